The van der Waals surface area contributed by atoms with Crippen LogP contribution < -0.4 is 4.74 Å². The van der Waals surface area contributed by atoms with E-state index in [0.29, 0.717) is 19.6 Å². The van der Waals surface area contributed by atoms with Crippen molar-refractivity contribution in [2.24, 2.45) is 0 Å². The quantitative estimate of drug-likeness (QED) is 0.865. The maximum Gasteiger partial charge on any atom is 0.215 e. The van der Waals surface area contributed by atoms with Crippen LogP contribution in [0.4, 0.5) is 0 Å². The molecule has 122 valence electrons. The van der Waals surface area contributed by atoms with Gasteiger partial charge in [-0.25, -0.2) is 8.42 Å². The number of rotatable bonds is 4. The molecule has 0 saturated heterocycles. The lowest BCUT2D eigenvalue weighted by Gasteiger charge is -2.26. The highest BCUT2D eigenvalue weighted by atomic mass is 32.2. The van der Waals surface area contributed by atoms with Crippen molar-refractivity contribution in [1.29, 1.82) is 0 Å². The molecule has 0 fully saturated rings. The Morgan fingerprint density at radius 2 is 1.78 bits per heavy atom. The van der Waals surface area contributed by atoms with Crippen LogP contribution in [-0.4, -0.2) is 31.6 Å². The molecule has 2 aromatic rings. The third-order valence-electron chi connectivity index (χ3n) is 4.22. The molecule has 1 aliphatic rings. The van der Waals surface area contributed by atoms with Gasteiger partial charge in [0.25, 0.3) is 0 Å². The zero-order chi connectivity index (χ0) is 16.3. The highest BCUT2D eigenvalue weighted by Crippen LogP contribution is 2.33. The largest absolute Gasteiger partial charge is 0.492 e. The molecule has 0 radical (unpaired) electrons. The summed E-state index contributed by atoms with van der Waals surface area (Å²) in [6, 6.07) is 17.2. The molecule has 2 aromatic carbocycles. The van der Waals surface area contributed by atoms with Gasteiger partial charge in [-0.15, -0.1) is 0 Å². The van der Waals surface area contributed by atoms with E-state index < -0.39 is 10.0 Å². The van der Waals surface area contributed by atoms with Gasteiger partial charge < -0.3 is 4.74 Å². The van der Waals surface area contributed by atoms with Gasteiger partial charge in [0.15, 0.2) is 0 Å². The number of sulfonamides is 1. The van der Waals surface area contributed by atoms with E-state index in [1.165, 1.54) is 0 Å². The molecule has 1 heterocycles. The van der Waals surface area contributed by atoms with Gasteiger partial charge in [-0.1, -0.05) is 48.5 Å². The maximum atomic E-state index is 12.8. The first-order valence-corrected chi connectivity index (χ1v) is 9.44. The van der Waals surface area contributed by atoms with Gasteiger partial charge in [-0.05, 0) is 25.0 Å². The Labute approximate surface area is 137 Å². The van der Waals surface area contributed by atoms with Gasteiger partial charge in [-0.2, -0.15) is 4.31 Å². The SMILES string of the molecule is CC1c2ccccc2OCCN1S(=O)(=O)CCc1ccccc1. The smallest absolute Gasteiger partial charge is 0.215 e. The van der Waals surface area contributed by atoms with Crippen molar-refractivity contribution in [3.8, 4) is 5.75 Å². The number of fused-ring (bicyclic) bond motifs is 1. The number of nitrogens with zero attached hydrogens (tertiary/aromatic N) is 1. The molecule has 0 aromatic heterocycles. The Kier molecular flexibility index (Phi) is 4.68. The molecule has 1 atom stereocenters. The molecule has 1 unspecified atom stereocenters. The molecule has 0 amide bonds. The lowest BCUT2D eigenvalue weighted by atomic mass is 10.1. The second-order valence-corrected chi connectivity index (χ2v) is 7.77. The monoisotopic (exact) mass is 331 g/mol. The van der Waals surface area contributed by atoms with Crippen LogP contribution in [0.2, 0.25) is 0 Å². The van der Waals surface area contributed by atoms with Gasteiger partial charge in [0, 0.05) is 12.1 Å². The standard InChI is InChI=1S/C18H21NO3S/c1-15-17-9-5-6-10-18(17)22-13-12-19(15)23(20,21)14-11-16-7-3-2-4-8-16/h2-10,15H,11-14H2,1H3. The number of hydrogen-bond donors (Lipinski definition) is 0. The summed E-state index contributed by atoms with van der Waals surface area (Å²) in [7, 11) is -3.34. The zero-order valence-corrected chi connectivity index (χ0v) is 14.0. The van der Waals surface area contributed by atoms with Crippen LogP contribution in [0, 0.1) is 0 Å². The summed E-state index contributed by atoms with van der Waals surface area (Å²) in [6.45, 7) is 2.69. The molecule has 0 N–H and O–H groups in total. The van der Waals surface area contributed by atoms with E-state index >= 15 is 0 Å². The van der Waals surface area contributed by atoms with Crippen molar-refractivity contribution in [3.05, 3.63) is 65.7 Å². The van der Waals surface area contributed by atoms with Crippen LogP contribution >= 0.6 is 0 Å². The average molecular weight is 331 g/mol. The van der Waals surface area contributed by atoms with Crippen LogP contribution in [0.15, 0.2) is 54.6 Å². The summed E-state index contributed by atoms with van der Waals surface area (Å²) in [4.78, 5) is 0. The molecule has 4 nitrogen and oxygen atoms in total. The fourth-order valence-electron chi connectivity index (χ4n) is 2.94. The fourth-order valence-corrected chi connectivity index (χ4v) is 4.62. The molecule has 23 heavy (non-hydrogen) atoms. The van der Waals surface area contributed by atoms with E-state index in [4.69, 9.17) is 4.74 Å². The molecule has 0 bridgehead atoms. The number of aryl methyl sites for hydroxylation is 1. The van der Waals surface area contributed by atoms with Gasteiger partial charge in [0.2, 0.25) is 10.0 Å². The highest BCUT2D eigenvalue weighted by molar-refractivity contribution is 7.89. The lowest BCUT2D eigenvalue weighted by Crippen LogP contribution is -2.37. The molecular formula is C18H21NO3S. The summed E-state index contributed by atoms with van der Waals surface area (Å²) in [5.41, 5.74) is 1.96. The summed E-state index contributed by atoms with van der Waals surface area (Å²) in [5, 5.41) is 0. The minimum atomic E-state index is -3.34. The summed E-state index contributed by atoms with van der Waals surface area (Å²) in [6.07, 6.45) is 0.523. The predicted octanol–water partition coefficient (Wildman–Crippen LogP) is 3.01. The topological polar surface area (TPSA) is 46.6 Å². The van der Waals surface area contributed by atoms with E-state index in [0.717, 1.165) is 16.9 Å². The third kappa shape index (κ3) is 3.57. The Hall–Kier alpha value is -1.85. The van der Waals surface area contributed by atoms with Gasteiger partial charge in [-0.3, -0.25) is 0 Å². The van der Waals surface area contributed by atoms with Crippen molar-refractivity contribution in [2.75, 3.05) is 18.9 Å². The van der Waals surface area contributed by atoms with Crippen molar-refractivity contribution >= 4 is 10.0 Å². The normalized spacial score (nSPS) is 18.7. The summed E-state index contributed by atoms with van der Waals surface area (Å²) in [5.74, 6) is 0.893. The van der Waals surface area contributed by atoms with E-state index in [2.05, 4.69) is 0 Å². The van der Waals surface area contributed by atoms with Crippen LogP contribution in [0.5, 0.6) is 5.75 Å². The fraction of sp³-hybridized carbons (Fsp3) is 0.333. The van der Waals surface area contributed by atoms with E-state index in [1.807, 2.05) is 61.5 Å². The first-order chi connectivity index (χ1) is 11.1. The molecule has 5 heteroatoms. The Morgan fingerprint density at radius 3 is 2.57 bits per heavy atom. The van der Waals surface area contributed by atoms with Crippen molar-refractivity contribution in [2.45, 2.75) is 19.4 Å². The summed E-state index contributed by atoms with van der Waals surface area (Å²) >= 11 is 0. The first kappa shape index (κ1) is 16.0. The Morgan fingerprint density at radius 1 is 1.09 bits per heavy atom. The van der Waals surface area contributed by atoms with Gasteiger partial charge in [0.1, 0.15) is 12.4 Å². The Bertz CT molecular complexity index is 759. The highest BCUT2D eigenvalue weighted by Gasteiger charge is 2.31. The van der Waals surface area contributed by atoms with E-state index in [-0.39, 0.29) is 11.8 Å². The van der Waals surface area contributed by atoms with Gasteiger partial charge in [0.05, 0.1) is 11.8 Å². The van der Waals surface area contributed by atoms with Crippen molar-refractivity contribution in [1.82, 2.24) is 4.31 Å². The number of benzene rings is 2. The molecule has 0 aliphatic carbocycles. The van der Waals surface area contributed by atoms with Crippen molar-refractivity contribution < 1.29 is 13.2 Å². The van der Waals surface area contributed by atoms with Gasteiger partial charge >= 0.3 is 0 Å². The number of para-hydroxylation sites is 1. The molecule has 3 rings (SSSR count). The molecule has 0 saturated carbocycles. The lowest BCUT2D eigenvalue weighted by molar-refractivity contribution is 0.278. The van der Waals surface area contributed by atoms with Crippen LogP contribution in [0.3, 0.4) is 0 Å². The third-order valence-corrected chi connectivity index (χ3v) is 6.15. The minimum absolute atomic E-state index is 0.115. The average Bonchev–Trinajstić information content (AvgIpc) is 2.74. The molecule has 0 spiro atoms. The maximum absolute atomic E-state index is 12.8. The van der Waals surface area contributed by atoms with Crippen LogP contribution in [0.1, 0.15) is 24.1 Å². The molecule has 1 aliphatic heterocycles. The minimum Gasteiger partial charge on any atom is -0.492 e. The molecular weight excluding hydrogens is 310 g/mol. The zero-order valence-electron chi connectivity index (χ0n) is 13.2. The second-order valence-electron chi connectivity index (χ2n) is 5.72. The van der Waals surface area contributed by atoms with Crippen molar-refractivity contribution in [3.63, 3.8) is 0 Å². The van der Waals surface area contributed by atoms with E-state index in [1.54, 1.807) is 4.31 Å². The first-order valence-electron chi connectivity index (χ1n) is 7.83. The Balaban J connectivity index is 1.79. The van der Waals surface area contributed by atoms with Crippen LogP contribution in [-0.2, 0) is 16.4 Å². The summed E-state index contributed by atoms with van der Waals surface area (Å²) < 4.78 is 32.9. The second kappa shape index (κ2) is 6.72. The van der Waals surface area contributed by atoms with Crippen LogP contribution in [0.25, 0.3) is 0 Å². The number of hydrogen-bond acceptors (Lipinski definition) is 3. The predicted molar refractivity (Wildman–Crippen MR) is 91.0 cm³/mol. The van der Waals surface area contributed by atoms with E-state index in [9.17, 15) is 8.42 Å². The number of ether oxygens (including phenoxy) is 1.